The third kappa shape index (κ3) is 9.94. The number of benzene rings is 4. The number of aromatic nitrogens is 4. The number of methoxy groups -OCH3 is 2. The number of aliphatic hydroxyl groups excluding tert-OH is 1. The van der Waals surface area contributed by atoms with Gasteiger partial charge in [0, 0.05) is 6.42 Å². The van der Waals surface area contributed by atoms with Crippen LogP contribution in [0.1, 0.15) is 55.7 Å². The second kappa shape index (κ2) is 19.0. The molecule has 1 saturated heterocycles. The predicted molar refractivity (Wildman–Crippen MR) is 230 cm³/mol. The maximum Gasteiger partial charge on any atom is 0.329 e. The fraction of sp³-hybridized carbons (Fsp3) is 0.319. The Morgan fingerprint density at radius 1 is 0.825 bits per heavy atom. The van der Waals surface area contributed by atoms with Crippen molar-refractivity contribution in [3.63, 3.8) is 0 Å². The maximum absolute atomic E-state index is 14.4. The third-order valence-corrected chi connectivity index (χ3v) is 10.5. The molecule has 1 fully saturated rings. The highest BCUT2D eigenvalue weighted by molar-refractivity contribution is 5.96. The van der Waals surface area contributed by atoms with E-state index in [0.717, 1.165) is 16.7 Å². The number of esters is 2. The lowest BCUT2D eigenvalue weighted by Crippen LogP contribution is -2.47. The number of nitrogens with one attached hydrogen (secondary N) is 1. The first kappa shape index (κ1) is 44.2. The van der Waals surface area contributed by atoms with Crippen molar-refractivity contribution in [2.24, 2.45) is 0 Å². The van der Waals surface area contributed by atoms with E-state index in [2.05, 4.69) is 20.3 Å². The lowest BCUT2D eigenvalue weighted by atomic mass is 9.80. The molecule has 16 heteroatoms. The molecule has 328 valence electrons. The number of carbonyl (C=O) groups excluding carboxylic acids is 3. The summed E-state index contributed by atoms with van der Waals surface area (Å²) < 4.78 is 37.7. The number of nitrogens with two attached hydrogens (primary N) is 1. The molecule has 16 nitrogen and oxygen atoms in total. The molecule has 1 amide bonds. The quantitative estimate of drug-likeness (QED) is 0.0661. The minimum atomic E-state index is -1.51. The minimum Gasteiger partial charge on any atom is -0.497 e. The van der Waals surface area contributed by atoms with Gasteiger partial charge in [-0.25, -0.2) is 19.7 Å². The summed E-state index contributed by atoms with van der Waals surface area (Å²) in [7, 11) is 3.17. The van der Waals surface area contributed by atoms with Crippen molar-refractivity contribution in [3.8, 4) is 11.5 Å². The van der Waals surface area contributed by atoms with Crippen LogP contribution in [0.25, 0.3) is 11.2 Å². The highest BCUT2D eigenvalue weighted by Crippen LogP contribution is 2.43. The lowest BCUT2D eigenvalue weighted by Gasteiger charge is -2.37. The number of hydrogen-bond donors (Lipinski definition) is 3. The fourth-order valence-corrected chi connectivity index (χ4v) is 7.56. The molecule has 0 saturated carbocycles. The van der Waals surface area contributed by atoms with Crippen LogP contribution in [-0.2, 0) is 45.4 Å². The maximum atomic E-state index is 14.4. The molecule has 7 rings (SSSR count). The van der Waals surface area contributed by atoms with Gasteiger partial charge in [0.2, 0.25) is 5.91 Å². The molecule has 2 aromatic heterocycles. The number of anilines is 1. The van der Waals surface area contributed by atoms with E-state index in [-0.39, 0.29) is 30.0 Å². The molecule has 4 aromatic carbocycles. The van der Waals surface area contributed by atoms with Crippen LogP contribution in [0.5, 0.6) is 11.5 Å². The van der Waals surface area contributed by atoms with Crippen LogP contribution in [0, 0.1) is 0 Å². The average molecular weight is 859 g/mol. The van der Waals surface area contributed by atoms with Crippen molar-refractivity contribution < 1.29 is 47.9 Å². The topological polar surface area (TPSA) is 208 Å². The first-order valence-electron chi connectivity index (χ1n) is 20.3. The molecule has 6 aromatic rings. The Morgan fingerprint density at radius 2 is 1.41 bits per heavy atom. The number of hydrogen-bond acceptors (Lipinski definition) is 14. The number of nitrogens with zero attached hydrogens (tertiary/aromatic N) is 4. The largest absolute Gasteiger partial charge is 0.497 e. The number of amides is 1. The van der Waals surface area contributed by atoms with E-state index in [1.54, 1.807) is 59.3 Å². The van der Waals surface area contributed by atoms with Crippen molar-refractivity contribution in [2.45, 2.75) is 75.4 Å². The first-order chi connectivity index (χ1) is 30.3. The number of imidazole rings is 1. The summed E-state index contributed by atoms with van der Waals surface area (Å²) >= 11 is 0. The smallest absolute Gasteiger partial charge is 0.329 e. The van der Waals surface area contributed by atoms with Crippen LogP contribution >= 0.6 is 0 Å². The zero-order valence-corrected chi connectivity index (χ0v) is 35.5. The van der Waals surface area contributed by atoms with Gasteiger partial charge >= 0.3 is 11.9 Å². The van der Waals surface area contributed by atoms with Crippen molar-refractivity contribution in [2.75, 3.05) is 26.6 Å². The second-order valence-corrected chi connectivity index (χ2v) is 15.9. The molecule has 1 aliphatic heterocycles. The van der Waals surface area contributed by atoms with Gasteiger partial charge in [-0.05, 0) is 67.3 Å². The molecule has 3 heterocycles. The Kier molecular flexibility index (Phi) is 13.3. The lowest BCUT2D eigenvalue weighted by molar-refractivity contribution is -0.163. The molecular formula is C47H50N6O10. The summed E-state index contributed by atoms with van der Waals surface area (Å²) in [5.74, 6) is -1.03. The zero-order valence-electron chi connectivity index (χ0n) is 35.5. The van der Waals surface area contributed by atoms with Gasteiger partial charge in [-0.1, -0.05) is 84.9 Å². The van der Waals surface area contributed by atoms with Crippen molar-refractivity contribution in [3.05, 3.63) is 144 Å². The number of nitrogen functional groups attached to an aromatic ring is 1. The van der Waals surface area contributed by atoms with Crippen LogP contribution in [0.4, 0.5) is 5.82 Å². The summed E-state index contributed by atoms with van der Waals surface area (Å²) in [5, 5.41) is 14.9. The summed E-state index contributed by atoms with van der Waals surface area (Å²) in [6, 6.07) is 32.2. The summed E-state index contributed by atoms with van der Waals surface area (Å²) in [4.78, 5) is 53.1. The van der Waals surface area contributed by atoms with Gasteiger partial charge in [0.05, 0.1) is 27.2 Å². The molecule has 0 aliphatic carbocycles. The van der Waals surface area contributed by atoms with Crippen LogP contribution in [0.2, 0.25) is 0 Å². The first-order valence-corrected chi connectivity index (χ1v) is 20.3. The molecular weight excluding hydrogens is 809 g/mol. The Morgan fingerprint density at radius 3 is 2.00 bits per heavy atom. The third-order valence-electron chi connectivity index (χ3n) is 10.5. The van der Waals surface area contributed by atoms with Gasteiger partial charge in [0.25, 0.3) is 0 Å². The number of carbonyl (C=O) groups is 3. The van der Waals surface area contributed by atoms with E-state index in [1.165, 1.54) is 17.2 Å². The molecule has 0 bridgehead atoms. The molecule has 1 unspecified atom stereocenters. The zero-order chi connectivity index (χ0) is 44.7. The van der Waals surface area contributed by atoms with Crippen molar-refractivity contribution in [1.82, 2.24) is 24.8 Å². The van der Waals surface area contributed by atoms with Crippen LogP contribution in [0.15, 0.2) is 122 Å². The van der Waals surface area contributed by atoms with E-state index >= 15 is 0 Å². The monoisotopic (exact) mass is 858 g/mol. The second-order valence-electron chi connectivity index (χ2n) is 15.9. The highest BCUT2D eigenvalue weighted by Gasteiger charge is 2.50. The van der Waals surface area contributed by atoms with Gasteiger partial charge in [0.1, 0.15) is 59.2 Å². The highest BCUT2D eigenvalue weighted by atomic mass is 16.6. The van der Waals surface area contributed by atoms with Crippen LogP contribution in [-0.4, -0.2) is 93.3 Å². The summed E-state index contributed by atoms with van der Waals surface area (Å²) in [6.07, 6.45) is -3.23. The Labute approximate surface area is 364 Å². The van der Waals surface area contributed by atoms with Gasteiger partial charge in [0.15, 0.2) is 23.8 Å². The van der Waals surface area contributed by atoms with Gasteiger partial charge in [-0.2, -0.15) is 0 Å². The van der Waals surface area contributed by atoms with E-state index in [4.69, 9.17) is 34.2 Å². The van der Waals surface area contributed by atoms with E-state index in [9.17, 15) is 19.5 Å². The van der Waals surface area contributed by atoms with Gasteiger partial charge < -0.3 is 44.6 Å². The Balaban J connectivity index is 1.24. The SMILES string of the molecule is COc1ccc(C(OC[C@H]2O[C@@H](n3cnc4c(N)ncnc43)[C@H](OC(=O)C(Cc3ccccc3)NC(=O)CC(=O)OC(C)(C)C)[C@@H]2O)(c2ccccc2)c2ccc(OC)cc2)cc1. The molecule has 4 N–H and O–H groups in total. The average Bonchev–Trinajstić information content (AvgIpc) is 3.84. The van der Waals surface area contributed by atoms with Crippen molar-refractivity contribution >= 4 is 34.8 Å². The molecule has 1 aliphatic rings. The molecule has 5 atom stereocenters. The number of aliphatic hydroxyl groups is 1. The van der Waals surface area contributed by atoms with E-state index in [0.29, 0.717) is 17.1 Å². The van der Waals surface area contributed by atoms with Crippen LogP contribution < -0.4 is 20.5 Å². The van der Waals surface area contributed by atoms with Gasteiger partial charge in [-0.3, -0.25) is 14.2 Å². The number of fused-ring (bicyclic) bond motifs is 1. The van der Waals surface area contributed by atoms with Gasteiger partial charge in [-0.15, -0.1) is 0 Å². The fourth-order valence-electron chi connectivity index (χ4n) is 7.56. The standard InChI is InChI=1S/C47H50N6O10/c1-46(2,3)63-38(55)25-37(54)52-35(24-29-12-8-6-9-13-29)45(57)62-41-40(56)36(61-44(41)53-28-51-39-42(48)49-27-50-43(39)53)26-60-47(30-14-10-7-11-15-30,31-16-20-33(58-4)21-17-31)32-18-22-34(59-5)23-19-32/h6-23,27-28,35-36,40-41,44,56H,24-26H2,1-5H3,(H,52,54)(H2,48,49,50)/t35?,36-,40-,41-,44-/m1/s1. The predicted octanol–water partition coefficient (Wildman–Crippen LogP) is 5.06. The van der Waals surface area contributed by atoms with E-state index < -0.39 is 66.1 Å². The Bertz CT molecular complexity index is 2450. The van der Waals surface area contributed by atoms with Crippen LogP contribution in [0.3, 0.4) is 0 Å². The Hall–Kier alpha value is -6.88. The number of rotatable bonds is 16. The molecule has 0 spiro atoms. The summed E-state index contributed by atoms with van der Waals surface area (Å²) in [6.45, 7) is 4.83. The van der Waals surface area contributed by atoms with E-state index in [1.807, 2.05) is 84.9 Å². The molecule has 0 radical (unpaired) electrons. The number of ether oxygens (including phenoxy) is 6. The minimum absolute atomic E-state index is 0.00168. The normalized spacial score (nSPS) is 18.1. The molecule has 63 heavy (non-hydrogen) atoms. The summed E-state index contributed by atoms with van der Waals surface area (Å²) in [5.41, 5.74) is 7.51. The van der Waals surface area contributed by atoms with Crippen molar-refractivity contribution in [1.29, 1.82) is 0 Å².